The van der Waals surface area contributed by atoms with Gasteiger partial charge in [-0.25, -0.2) is 4.39 Å². The number of oxime groups is 1. The Balaban J connectivity index is 1.92. The van der Waals surface area contributed by atoms with Crippen LogP contribution in [0.3, 0.4) is 0 Å². The first-order chi connectivity index (χ1) is 11.0. The number of rotatable bonds is 5. The number of carbonyl (C=O) groups is 1. The molecule has 1 atom stereocenters. The van der Waals surface area contributed by atoms with E-state index in [9.17, 15) is 9.18 Å². The lowest BCUT2D eigenvalue weighted by molar-refractivity contribution is -0.126. The van der Waals surface area contributed by atoms with Gasteiger partial charge >= 0.3 is 0 Å². The highest BCUT2D eigenvalue weighted by Crippen LogP contribution is 2.25. The first-order valence-corrected chi connectivity index (χ1v) is 7.42. The standard InChI is InChI=1S/C16H13Cl2FN2O2/c1-10(23-20-9-11-3-2-4-13(19)7-11)16(22)21-15-6-5-12(17)8-14(15)18/h2-10H,1H3,(H,21,22)/b20-9-/t10-/m0/s1. The van der Waals surface area contributed by atoms with Crippen LogP contribution in [-0.4, -0.2) is 18.2 Å². The van der Waals surface area contributed by atoms with Crippen molar-refractivity contribution >= 4 is 41.0 Å². The van der Waals surface area contributed by atoms with Gasteiger partial charge in [-0.1, -0.05) is 40.5 Å². The van der Waals surface area contributed by atoms with Crippen molar-refractivity contribution in [1.29, 1.82) is 0 Å². The number of halogens is 3. The predicted molar refractivity (Wildman–Crippen MR) is 89.6 cm³/mol. The van der Waals surface area contributed by atoms with Crippen LogP contribution in [0, 0.1) is 5.82 Å². The number of anilines is 1. The van der Waals surface area contributed by atoms with E-state index in [1.54, 1.807) is 24.3 Å². The molecule has 0 unspecified atom stereocenters. The van der Waals surface area contributed by atoms with Gasteiger partial charge in [0.1, 0.15) is 5.82 Å². The fraction of sp³-hybridized carbons (Fsp3) is 0.125. The Bertz CT molecular complexity index is 738. The molecule has 0 heterocycles. The molecule has 0 spiro atoms. The number of nitrogens with one attached hydrogen (secondary N) is 1. The predicted octanol–water partition coefficient (Wildman–Crippen LogP) is 4.51. The van der Waals surface area contributed by atoms with Crippen molar-refractivity contribution in [3.05, 3.63) is 63.9 Å². The van der Waals surface area contributed by atoms with Crippen molar-refractivity contribution in [2.24, 2.45) is 5.16 Å². The van der Waals surface area contributed by atoms with Crippen LogP contribution in [0.5, 0.6) is 0 Å². The Morgan fingerprint density at radius 1 is 1.30 bits per heavy atom. The molecule has 1 amide bonds. The van der Waals surface area contributed by atoms with Gasteiger partial charge in [-0.15, -0.1) is 0 Å². The summed E-state index contributed by atoms with van der Waals surface area (Å²) in [4.78, 5) is 17.0. The fourth-order valence-corrected chi connectivity index (χ4v) is 2.10. The quantitative estimate of drug-likeness (QED) is 0.634. The summed E-state index contributed by atoms with van der Waals surface area (Å²) >= 11 is 11.8. The van der Waals surface area contributed by atoms with Gasteiger partial charge in [0.05, 0.1) is 16.9 Å². The summed E-state index contributed by atoms with van der Waals surface area (Å²) in [5, 5.41) is 7.07. The van der Waals surface area contributed by atoms with Gasteiger partial charge in [0.25, 0.3) is 5.91 Å². The third-order valence-electron chi connectivity index (χ3n) is 2.83. The summed E-state index contributed by atoms with van der Waals surface area (Å²) in [6.07, 6.45) is 0.467. The van der Waals surface area contributed by atoms with Crippen LogP contribution < -0.4 is 5.32 Å². The van der Waals surface area contributed by atoms with E-state index >= 15 is 0 Å². The summed E-state index contributed by atoms with van der Waals surface area (Å²) in [5.41, 5.74) is 0.948. The molecule has 0 radical (unpaired) electrons. The number of carbonyl (C=O) groups excluding carboxylic acids is 1. The van der Waals surface area contributed by atoms with Crippen LogP contribution in [0.2, 0.25) is 10.0 Å². The van der Waals surface area contributed by atoms with Crippen LogP contribution in [0.15, 0.2) is 47.6 Å². The van der Waals surface area contributed by atoms with Crippen LogP contribution in [0.4, 0.5) is 10.1 Å². The SMILES string of the molecule is C[C@H](O/N=C\c1cccc(F)c1)C(=O)Nc1ccc(Cl)cc1Cl. The second-order valence-corrected chi connectivity index (χ2v) is 5.49. The molecule has 120 valence electrons. The van der Waals surface area contributed by atoms with E-state index in [1.807, 2.05) is 0 Å². The molecule has 0 saturated heterocycles. The second-order valence-electron chi connectivity index (χ2n) is 4.65. The van der Waals surface area contributed by atoms with Crippen molar-refractivity contribution in [2.75, 3.05) is 5.32 Å². The fourth-order valence-electron chi connectivity index (χ4n) is 1.64. The minimum Gasteiger partial charge on any atom is -0.383 e. The van der Waals surface area contributed by atoms with Crippen LogP contribution in [-0.2, 0) is 9.63 Å². The molecule has 2 aromatic rings. The highest BCUT2D eigenvalue weighted by atomic mass is 35.5. The van der Waals surface area contributed by atoms with E-state index in [2.05, 4.69) is 10.5 Å². The molecule has 0 aromatic heterocycles. The third kappa shape index (κ3) is 5.23. The van der Waals surface area contributed by atoms with Gasteiger partial charge in [0.15, 0.2) is 0 Å². The number of nitrogens with zero attached hydrogens (tertiary/aromatic N) is 1. The van der Waals surface area contributed by atoms with Crippen molar-refractivity contribution in [3.63, 3.8) is 0 Å². The molecular formula is C16H13Cl2FN2O2. The van der Waals surface area contributed by atoms with Crippen LogP contribution in [0.1, 0.15) is 12.5 Å². The van der Waals surface area contributed by atoms with E-state index < -0.39 is 12.0 Å². The van der Waals surface area contributed by atoms with E-state index in [1.165, 1.54) is 31.3 Å². The molecule has 2 aromatic carbocycles. The second kappa shape index (κ2) is 7.94. The molecule has 2 rings (SSSR count). The molecule has 0 aliphatic rings. The van der Waals surface area contributed by atoms with Gasteiger partial charge in [0.2, 0.25) is 6.10 Å². The summed E-state index contributed by atoms with van der Waals surface area (Å²) in [7, 11) is 0. The van der Waals surface area contributed by atoms with Crippen molar-refractivity contribution in [2.45, 2.75) is 13.0 Å². The Morgan fingerprint density at radius 3 is 2.78 bits per heavy atom. The molecule has 0 aliphatic carbocycles. The zero-order valence-electron chi connectivity index (χ0n) is 12.1. The maximum absolute atomic E-state index is 13.0. The Hall–Kier alpha value is -2.11. The Morgan fingerprint density at radius 2 is 2.09 bits per heavy atom. The highest BCUT2D eigenvalue weighted by Gasteiger charge is 2.15. The number of hydrogen-bond donors (Lipinski definition) is 1. The van der Waals surface area contributed by atoms with E-state index in [4.69, 9.17) is 28.0 Å². The minimum atomic E-state index is -0.855. The van der Waals surface area contributed by atoms with Gasteiger partial charge < -0.3 is 10.2 Å². The molecule has 4 nitrogen and oxygen atoms in total. The highest BCUT2D eigenvalue weighted by molar-refractivity contribution is 6.36. The first-order valence-electron chi connectivity index (χ1n) is 6.66. The first kappa shape index (κ1) is 17.2. The topological polar surface area (TPSA) is 50.7 Å². The normalized spacial score (nSPS) is 12.2. The van der Waals surface area contributed by atoms with E-state index in [0.29, 0.717) is 21.3 Å². The molecule has 0 bridgehead atoms. The Labute approximate surface area is 142 Å². The number of benzene rings is 2. The summed E-state index contributed by atoms with van der Waals surface area (Å²) in [5.74, 6) is -0.803. The van der Waals surface area contributed by atoms with Gasteiger partial charge in [-0.05, 0) is 42.8 Å². The Kier molecular flexibility index (Phi) is 5.96. The van der Waals surface area contributed by atoms with Gasteiger partial charge in [-0.2, -0.15) is 0 Å². The largest absolute Gasteiger partial charge is 0.383 e. The number of hydrogen-bond acceptors (Lipinski definition) is 3. The molecule has 7 heteroatoms. The van der Waals surface area contributed by atoms with Crippen molar-refractivity contribution in [3.8, 4) is 0 Å². The summed E-state index contributed by atoms with van der Waals surface area (Å²) in [6.45, 7) is 1.53. The van der Waals surface area contributed by atoms with Crippen molar-refractivity contribution in [1.82, 2.24) is 0 Å². The average Bonchev–Trinajstić information content (AvgIpc) is 2.50. The summed E-state index contributed by atoms with van der Waals surface area (Å²) < 4.78 is 13.0. The maximum Gasteiger partial charge on any atom is 0.268 e. The average molecular weight is 355 g/mol. The monoisotopic (exact) mass is 354 g/mol. The van der Waals surface area contributed by atoms with Crippen LogP contribution >= 0.6 is 23.2 Å². The zero-order chi connectivity index (χ0) is 16.8. The summed E-state index contributed by atoms with van der Waals surface area (Å²) in [6, 6.07) is 10.5. The number of amides is 1. The van der Waals surface area contributed by atoms with E-state index in [-0.39, 0.29) is 5.82 Å². The zero-order valence-corrected chi connectivity index (χ0v) is 13.6. The molecule has 1 N–H and O–H groups in total. The maximum atomic E-state index is 13.0. The van der Waals surface area contributed by atoms with Crippen LogP contribution in [0.25, 0.3) is 0 Å². The minimum absolute atomic E-state index is 0.321. The van der Waals surface area contributed by atoms with Crippen molar-refractivity contribution < 1.29 is 14.0 Å². The third-order valence-corrected chi connectivity index (χ3v) is 3.38. The lowest BCUT2D eigenvalue weighted by atomic mass is 10.2. The molecule has 0 aliphatic heterocycles. The van der Waals surface area contributed by atoms with Gasteiger partial charge in [-0.3, -0.25) is 4.79 Å². The lowest BCUT2D eigenvalue weighted by Gasteiger charge is -2.11. The molecular weight excluding hydrogens is 342 g/mol. The lowest BCUT2D eigenvalue weighted by Crippen LogP contribution is -2.26. The molecule has 0 saturated carbocycles. The molecule has 0 fully saturated rings. The smallest absolute Gasteiger partial charge is 0.268 e. The van der Waals surface area contributed by atoms with E-state index in [0.717, 1.165) is 0 Å². The molecule has 23 heavy (non-hydrogen) atoms. The van der Waals surface area contributed by atoms with Gasteiger partial charge in [0, 0.05) is 5.02 Å².